The van der Waals surface area contributed by atoms with Crippen molar-refractivity contribution >= 4 is 0 Å². The van der Waals surface area contributed by atoms with Crippen LogP contribution in [-0.4, -0.2) is 11.7 Å². The van der Waals surface area contributed by atoms with Crippen molar-refractivity contribution in [2.24, 2.45) is 0 Å². The van der Waals surface area contributed by atoms with E-state index in [4.69, 9.17) is 9.84 Å². The molecule has 0 spiro atoms. The topological polar surface area (TPSA) is 29.5 Å². The monoisotopic (exact) mass is 274 g/mol. The van der Waals surface area contributed by atoms with Crippen molar-refractivity contribution in [3.63, 3.8) is 0 Å². The summed E-state index contributed by atoms with van der Waals surface area (Å²) in [6.45, 7) is 12.2. The molecule has 2 nitrogen and oxygen atoms in total. The summed E-state index contributed by atoms with van der Waals surface area (Å²) < 4.78 is 5.72. The number of ether oxygens (including phenoxy) is 1. The van der Waals surface area contributed by atoms with Crippen molar-refractivity contribution in [2.75, 3.05) is 6.61 Å². The van der Waals surface area contributed by atoms with Gasteiger partial charge in [0, 0.05) is 0 Å². The molecular formula is C18H26O2. The molecule has 0 saturated heterocycles. The van der Waals surface area contributed by atoms with Gasteiger partial charge in [-0.25, -0.2) is 0 Å². The number of rotatable bonds is 6. The van der Waals surface area contributed by atoms with Crippen molar-refractivity contribution in [3.05, 3.63) is 71.5 Å². The zero-order valence-electron chi connectivity index (χ0n) is 13.0. The van der Waals surface area contributed by atoms with Crippen LogP contribution in [0, 0.1) is 0 Å². The molecule has 0 heterocycles. The van der Waals surface area contributed by atoms with E-state index in [9.17, 15) is 0 Å². The molecule has 0 unspecified atom stereocenters. The molecule has 2 heteroatoms. The lowest BCUT2D eigenvalue weighted by molar-refractivity contribution is 0.210. The molecule has 1 aromatic rings. The maximum atomic E-state index is 8.98. The molecule has 0 fully saturated rings. The van der Waals surface area contributed by atoms with E-state index in [1.807, 2.05) is 64.1 Å². The van der Waals surface area contributed by atoms with Crippen LogP contribution < -0.4 is 0 Å². The maximum Gasteiger partial charge on any atom is 0.120 e. The summed E-state index contributed by atoms with van der Waals surface area (Å²) in [6.07, 6.45) is 3.69. The van der Waals surface area contributed by atoms with Crippen molar-refractivity contribution in [2.45, 2.75) is 34.3 Å². The van der Waals surface area contributed by atoms with Crippen molar-refractivity contribution in [1.82, 2.24) is 0 Å². The minimum absolute atomic E-state index is 0.0607. The third-order valence-electron chi connectivity index (χ3n) is 2.23. The molecule has 0 radical (unpaired) electrons. The van der Waals surface area contributed by atoms with Gasteiger partial charge in [0.2, 0.25) is 0 Å². The van der Waals surface area contributed by atoms with Crippen LogP contribution in [0.2, 0.25) is 0 Å². The fourth-order valence-corrected chi connectivity index (χ4v) is 1.40. The van der Waals surface area contributed by atoms with E-state index < -0.39 is 0 Å². The Morgan fingerprint density at radius 3 is 2.25 bits per heavy atom. The molecule has 0 bridgehead atoms. The van der Waals surface area contributed by atoms with Gasteiger partial charge in [-0.3, -0.25) is 0 Å². The molecule has 1 rings (SSSR count). The van der Waals surface area contributed by atoms with E-state index in [1.54, 1.807) is 6.08 Å². The highest BCUT2D eigenvalue weighted by atomic mass is 16.5. The first-order chi connectivity index (χ1) is 9.61. The van der Waals surface area contributed by atoms with Crippen molar-refractivity contribution in [1.29, 1.82) is 0 Å². The third-order valence-corrected chi connectivity index (χ3v) is 2.23. The molecule has 0 aliphatic carbocycles. The van der Waals surface area contributed by atoms with Gasteiger partial charge in [-0.15, -0.1) is 0 Å². The van der Waals surface area contributed by atoms with Gasteiger partial charge in [0.05, 0.1) is 6.61 Å². The largest absolute Gasteiger partial charge is 0.489 e. The van der Waals surface area contributed by atoms with Gasteiger partial charge in [-0.2, -0.15) is 0 Å². The van der Waals surface area contributed by atoms with Crippen LogP contribution in [0.15, 0.2) is 66.0 Å². The van der Waals surface area contributed by atoms with Crippen LogP contribution in [-0.2, 0) is 11.3 Å². The Balaban J connectivity index is 0.00000172. The maximum absolute atomic E-state index is 8.98. The van der Waals surface area contributed by atoms with E-state index in [1.165, 1.54) is 0 Å². The quantitative estimate of drug-likeness (QED) is 0.605. The van der Waals surface area contributed by atoms with Gasteiger partial charge in [0.25, 0.3) is 0 Å². The number of benzene rings is 1. The zero-order chi connectivity index (χ0) is 15.4. The smallest absolute Gasteiger partial charge is 0.120 e. The Hall–Kier alpha value is -1.80. The molecule has 0 amide bonds. The van der Waals surface area contributed by atoms with Crippen LogP contribution >= 0.6 is 0 Å². The van der Waals surface area contributed by atoms with E-state index in [2.05, 4.69) is 6.58 Å². The summed E-state index contributed by atoms with van der Waals surface area (Å²) in [5.41, 5.74) is 2.88. The van der Waals surface area contributed by atoms with Gasteiger partial charge < -0.3 is 9.84 Å². The van der Waals surface area contributed by atoms with Gasteiger partial charge in [-0.05, 0) is 37.1 Å². The second-order valence-corrected chi connectivity index (χ2v) is 4.36. The number of aliphatic hydroxyl groups excluding tert-OH is 1. The Labute approximate surface area is 123 Å². The number of allylic oxidation sites excluding steroid dienone is 2. The first kappa shape index (κ1) is 18.2. The summed E-state index contributed by atoms with van der Waals surface area (Å²) in [4.78, 5) is 0. The minimum Gasteiger partial charge on any atom is -0.489 e. The summed E-state index contributed by atoms with van der Waals surface area (Å²) in [6, 6.07) is 9.97. The third kappa shape index (κ3) is 8.33. The normalized spacial score (nSPS) is 10.2. The molecular weight excluding hydrogens is 248 g/mol. The molecule has 20 heavy (non-hydrogen) atoms. The van der Waals surface area contributed by atoms with Gasteiger partial charge >= 0.3 is 0 Å². The molecule has 110 valence electrons. The van der Waals surface area contributed by atoms with Crippen LogP contribution in [0.4, 0.5) is 0 Å². The Kier molecular flexibility index (Phi) is 10.1. The minimum atomic E-state index is -0.0607. The van der Waals surface area contributed by atoms with E-state index in [-0.39, 0.29) is 6.61 Å². The lowest BCUT2D eigenvalue weighted by atomic mass is 10.2. The molecule has 0 saturated carbocycles. The number of aliphatic hydroxyl groups is 1. The SMILES string of the molecule is C=C(/C=C(\C=C(C)C)OCc1ccccc1)CO.CC. The lowest BCUT2D eigenvalue weighted by Gasteiger charge is -2.08. The fourth-order valence-electron chi connectivity index (χ4n) is 1.40. The highest BCUT2D eigenvalue weighted by Crippen LogP contribution is 2.11. The number of hydrogen-bond acceptors (Lipinski definition) is 2. The van der Waals surface area contributed by atoms with E-state index in [0.717, 1.165) is 16.9 Å². The molecule has 0 aliphatic heterocycles. The van der Waals surface area contributed by atoms with E-state index in [0.29, 0.717) is 12.2 Å². The van der Waals surface area contributed by atoms with Gasteiger partial charge in [0.1, 0.15) is 12.4 Å². The van der Waals surface area contributed by atoms with Gasteiger partial charge in [0.15, 0.2) is 0 Å². The second-order valence-electron chi connectivity index (χ2n) is 4.36. The predicted molar refractivity (Wildman–Crippen MR) is 86.3 cm³/mol. The number of hydrogen-bond donors (Lipinski definition) is 1. The average Bonchev–Trinajstić information content (AvgIpc) is 2.47. The fraction of sp³-hybridized carbons (Fsp3) is 0.333. The summed E-state index contributed by atoms with van der Waals surface area (Å²) in [7, 11) is 0. The standard InChI is InChI=1S/C16H20O2.C2H6/c1-13(2)9-16(10-14(3)11-17)18-12-15-7-5-4-6-8-15;1-2/h4-10,17H,3,11-12H2,1-2H3;1-2H3/b16-10+;. The second kappa shape index (κ2) is 11.1. The molecule has 1 N–H and O–H groups in total. The molecule has 1 aromatic carbocycles. The highest BCUT2D eigenvalue weighted by Gasteiger charge is 1.98. The Morgan fingerprint density at radius 2 is 1.75 bits per heavy atom. The van der Waals surface area contributed by atoms with Crippen LogP contribution in [0.25, 0.3) is 0 Å². The molecule has 0 aromatic heterocycles. The molecule has 0 atom stereocenters. The van der Waals surface area contributed by atoms with Gasteiger partial charge in [-0.1, -0.05) is 56.3 Å². The van der Waals surface area contributed by atoms with Crippen molar-refractivity contribution < 1.29 is 9.84 Å². The highest BCUT2D eigenvalue weighted by molar-refractivity contribution is 5.26. The van der Waals surface area contributed by atoms with Crippen molar-refractivity contribution in [3.8, 4) is 0 Å². The first-order valence-electron chi connectivity index (χ1n) is 6.94. The Morgan fingerprint density at radius 1 is 1.15 bits per heavy atom. The summed E-state index contributed by atoms with van der Waals surface area (Å²) >= 11 is 0. The summed E-state index contributed by atoms with van der Waals surface area (Å²) in [5, 5.41) is 8.98. The van der Waals surface area contributed by atoms with Crippen LogP contribution in [0.1, 0.15) is 33.3 Å². The first-order valence-corrected chi connectivity index (χ1v) is 6.94. The molecule has 0 aliphatic rings. The van der Waals surface area contributed by atoms with Crippen LogP contribution in [0.5, 0.6) is 0 Å². The summed E-state index contributed by atoms with van der Waals surface area (Å²) in [5.74, 6) is 0.720. The lowest BCUT2D eigenvalue weighted by Crippen LogP contribution is -1.94. The van der Waals surface area contributed by atoms with E-state index >= 15 is 0 Å². The Bertz CT molecular complexity index is 438. The average molecular weight is 274 g/mol. The predicted octanol–water partition coefficient (Wildman–Crippen LogP) is 4.63. The van der Waals surface area contributed by atoms with Crippen LogP contribution in [0.3, 0.4) is 0 Å². The zero-order valence-corrected chi connectivity index (χ0v) is 13.0.